The normalized spacial score (nSPS) is 28.1. The van der Waals surface area contributed by atoms with Gasteiger partial charge >= 0.3 is 5.97 Å². The van der Waals surface area contributed by atoms with Crippen molar-refractivity contribution in [3.8, 4) is 0 Å². The van der Waals surface area contributed by atoms with Gasteiger partial charge in [0.15, 0.2) is 5.69 Å². The van der Waals surface area contributed by atoms with E-state index in [1.807, 2.05) is 0 Å². The minimum Gasteiger partial charge on any atom is -0.464 e. The Labute approximate surface area is 111 Å². The highest BCUT2D eigenvalue weighted by Gasteiger charge is 2.39. The Morgan fingerprint density at radius 1 is 1.56 bits per heavy atom. The van der Waals surface area contributed by atoms with Crippen molar-refractivity contribution in [1.82, 2.24) is 4.98 Å². The highest BCUT2D eigenvalue weighted by atomic mass is 32.1. The lowest BCUT2D eigenvalue weighted by molar-refractivity contribution is -0.0581. The van der Waals surface area contributed by atoms with E-state index in [1.54, 1.807) is 12.5 Å². The maximum atomic E-state index is 11.4. The van der Waals surface area contributed by atoms with Crippen molar-refractivity contribution in [2.24, 2.45) is 5.92 Å². The van der Waals surface area contributed by atoms with Crippen LogP contribution in [-0.2, 0) is 15.1 Å². The molecular formula is C13H19NO3S. The van der Waals surface area contributed by atoms with Crippen LogP contribution in [0.4, 0.5) is 0 Å². The molecule has 18 heavy (non-hydrogen) atoms. The number of hydrogen-bond donors (Lipinski definition) is 0. The van der Waals surface area contributed by atoms with Crippen molar-refractivity contribution >= 4 is 17.3 Å². The van der Waals surface area contributed by atoms with E-state index in [1.165, 1.54) is 24.9 Å². The zero-order valence-corrected chi connectivity index (χ0v) is 11.9. The minimum atomic E-state index is -0.382. The second-order valence-corrected chi connectivity index (χ2v) is 5.79. The third-order valence-corrected chi connectivity index (χ3v) is 4.66. The molecule has 0 amide bonds. The first-order valence-electron chi connectivity index (χ1n) is 6.21. The van der Waals surface area contributed by atoms with E-state index in [9.17, 15) is 4.79 Å². The number of nitrogens with zero attached hydrogens (tertiary/aromatic N) is 1. The van der Waals surface area contributed by atoms with E-state index in [0.29, 0.717) is 11.6 Å². The molecule has 100 valence electrons. The SMILES string of the molecule is COC(=O)c1csc(C2(OC)CCCC(C)C2)n1. The van der Waals surface area contributed by atoms with Crippen LogP contribution in [-0.4, -0.2) is 25.2 Å². The molecule has 1 heterocycles. The Morgan fingerprint density at radius 3 is 2.94 bits per heavy atom. The van der Waals surface area contributed by atoms with Gasteiger partial charge in [0, 0.05) is 12.5 Å². The predicted molar refractivity (Wildman–Crippen MR) is 69.8 cm³/mol. The summed E-state index contributed by atoms with van der Waals surface area (Å²) in [5.74, 6) is 0.247. The van der Waals surface area contributed by atoms with Crippen LogP contribution in [0.5, 0.6) is 0 Å². The Kier molecular flexibility index (Phi) is 4.02. The van der Waals surface area contributed by atoms with Crippen LogP contribution in [0.2, 0.25) is 0 Å². The van der Waals surface area contributed by atoms with E-state index in [0.717, 1.165) is 24.3 Å². The third-order valence-electron chi connectivity index (χ3n) is 3.63. The molecule has 0 radical (unpaired) electrons. The van der Waals surface area contributed by atoms with Crippen molar-refractivity contribution in [2.45, 2.75) is 38.2 Å². The zero-order valence-electron chi connectivity index (χ0n) is 11.1. The lowest BCUT2D eigenvalue weighted by Crippen LogP contribution is -2.34. The van der Waals surface area contributed by atoms with Gasteiger partial charge in [-0.3, -0.25) is 0 Å². The van der Waals surface area contributed by atoms with Crippen molar-refractivity contribution < 1.29 is 14.3 Å². The predicted octanol–water partition coefficient (Wildman–Crippen LogP) is 2.98. The van der Waals surface area contributed by atoms with Gasteiger partial charge < -0.3 is 9.47 Å². The van der Waals surface area contributed by atoms with Gasteiger partial charge in [0.25, 0.3) is 0 Å². The number of rotatable bonds is 3. The number of methoxy groups -OCH3 is 2. The van der Waals surface area contributed by atoms with E-state index >= 15 is 0 Å². The number of carbonyl (C=O) groups excluding carboxylic acids is 1. The Morgan fingerprint density at radius 2 is 2.33 bits per heavy atom. The molecule has 1 saturated carbocycles. The van der Waals surface area contributed by atoms with Gasteiger partial charge in [-0.1, -0.05) is 13.3 Å². The largest absolute Gasteiger partial charge is 0.464 e. The number of thiazole rings is 1. The summed E-state index contributed by atoms with van der Waals surface area (Å²) in [6.45, 7) is 2.24. The summed E-state index contributed by atoms with van der Waals surface area (Å²) in [5.41, 5.74) is 0.0707. The summed E-state index contributed by atoms with van der Waals surface area (Å²) >= 11 is 1.49. The van der Waals surface area contributed by atoms with Crippen LogP contribution in [0.3, 0.4) is 0 Å². The number of carbonyl (C=O) groups is 1. The molecule has 1 aromatic rings. The van der Waals surface area contributed by atoms with Crippen molar-refractivity contribution in [1.29, 1.82) is 0 Å². The number of aromatic nitrogens is 1. The number of esters is 1. The van der Waals surface area contributed by atoms with Gasteiger partial charge in [-0.2, -0.15) is 0 Å². The van der Waals surface area contributed by atoms with Crippen molar-refractivity contribution in [2.75, 3.05) is 14.2 Å². The molecule has 1 aliphatic carbocycles. The fraction of sp³-hybridized carbons (Fsp3) is 0.692. The van der Waals surface area contributed by atoms with E-state index in [4.69, 9.17) is 4.74 Å². The lowest BCUT2D eigenvalue weighted by Gasteiger charge is -2.37. The van der Waals surface area contributed by atoms with Crippen LogP contribution in [0.15, 0.2) is 5.38 Å². The quantitative estimate of drug-likeness (QED) is 0.791. The molecule has 0 N–H and O–H groups in total. The van der Waals surface area contributed by atoms with Gasteiger partial charge in [-0.15, -0.1) is 11.3 Å². The summed E-state index contributed by atoms with van der Waals surface area (Å²) in [6, 6.07) is 0. The fourth-order valence-corrected chi connectivity index (χ4v) is 3.66. The standard InChI is InChI=1S/C13H19NO3S/c1-9-5-4-6-13(7-9,17-3)12-14-10(8-18-12)11(15)16-2/h8-9H,4-7H2,1-3H3. The van der Waals surface area contributed by atoms with Crippen LogP contribution in [0.25, 0.3) is 0 Å². The molecule has 2 atom stereocenters. The molecule has 2 rings (SSSR count). The molecule has 2 unspecified atom stereocenters. The summed E-state index contributed by atoms with van der Waals surface area (Å²) in [6.07, 6.45) is 4.32. The van der Waals surface area contributed by atoms with Crippen molar-refractivity contribution in [3.05, 3.63) is 16.1 Å². The smallest absolute Gasteiger partial charge is 0.357 e. The van der Waals surface area contributed by atoms with E-state index < -0.39 is 0 Å². The summed E-state index contributed by atoms with van der Waals surface area (Å²) in [4.78, 5) is 15.8. The molecule has 0 spiro atoms. The molecule has 4 nitrogen and oxygen atoms in total. The molecule has 1 fully saturated rings. The second-order valence-electron chi connectivity index (χ2n) is 4.93. The summed E-state index contributed by atoms with van der Waals surface area (Å²) in [7, 11) is 3.10. The maximum absolute atomic E-state index is 11.4. The number of ether oxygens (including phenoxy) is 2. The van der Waals surface area contributed by atoms with E-state index in [-0.39, 0.29) is 11.6 Å². The summed E-state index contributed by atoms with van der Waals surface area (Å²) < 4.78 is 10.4. The molecular weight excluding hydrogens is 250 g/mol. The van der Waals surface area contributed by atoms with Gasteiger partial charge in [-0.05, 0) is 25.2 Å². The van der Waals surface area contributed by atoms with Gasteiger partial charge in [-0.25, -0.2) is 9.78 Å². The van der Waals surface area contributed by atoms with Crippen LogP contribution < -0.4 is 0 Å². The molecule has 0 bridgehead atoms. The lowest BCUT2D eigenvalue weighted by atomic mass is 9.79. The highest BCUT2D eigenvalue weighted by Crippen LogP contribution is 2.43. The first-order valence-corrected chi connectivity index (χ1v) is 7.09. The average Bonchev–Trinajstić information content (AvgIpc) is 2.87. The first-order chi connectivity index (χ1) is 8.61. The third kappa shape index (κ3) is 2.42. The Hall–Kier alpha value is -0.940. The molecule has 0 aliphatic heterocycles. The van der Waals surface area contributed by atoms with Gasteiger partial charge in [0.05, 0.1) is 7.11 Å². The average molecular weight is 269 g/mol. The fourth-order valence-electron chi connectivity index (χ4n) is 2.65. The first kappa shape index (κ1) is 13.5. The minimum absolute atomic E-state index is 0.311. The summed E-state index contributed by atoms with van der Waals surface area (Å²) in [5, 5.41) is 2.65. The maximum Gasteiger partial charge on any atom is 0.357 e. The van der Waals surface area contributed by atoms with Crippen LogP contribution >= 0.6 is 11.3 Å². The Bertz CT molecular complexity index is 432. The van der Waals surface area contributed by atoms with Crippen LogP contribution in [0, 0.1) is 5.92 Å². The molecule has 1 aliphatic rings. The molecule has 0 aromatic carbocycles. The topological polar surface area (TPSA) is 48.4 Å². The second kappa shape index (κ2) is 5.36. The van der Waals surface area contributed by atoms with Gasteiger partial charge in [0.1, 0.15) is 10.6 Å². The van der Waals surface area contributed by atoms with E-state index in [2.05, 4.69) is 16.6 Å². The molecule has 5 heteroatoms. The monoisotopic (exact) mass is 269 g/mol. The molecule has 1 aromatic heterocycles. The van der Waals surface area contributed by atoms with Crippen LogP contribution in [0.1, 0.15) is 48.1 Å². The van der Waals surface area contributed by atoms with Gasteiger partial charge in [0.2, 0.25) is 0 Å². The van der Waals surface area contributed by atoms with Crippen molar-refractivity contribution in [3.63, 3.8) is 0 Å². The Balaban J connectivity index is 2.27. The zero-order chi connectivity index (χ0) is 13.2. The highest BCUT2D eigenvalue weighted by molar-refractivity contribution is 7.10. The number of hydrogen-bond acceptors (Lipinski definition) is 5. The molecule has 0 saturated heterocycles.